The van der Waals surface area contributed by atoms with Crippen LogP contribution in [0.3, 0.4) is 0 Å². The minimum atomic E-state index is -0.828. The van der Waals surface area contributed by atoms with Crippen LogP contribution in [0, 0.1) is 5.92 Å². The molecule has 3 aromatic heterocycles. The standard InChI is InChI=1S/C26H29N7O3/c1-2-3-7-19-16-33(23-11-6-10-22(23)25(34)35)26(36)32(19)15-18-13-12-17(14-27-18)20-8-4-5-9-21(20)24-28-30-31-29-24/h4-5,8-9,12-14,16,22-23H,2-3,6-7,10-11,15H2,1H3,(H,34,35)(H,28,29,30,31). The summed E-state index contributed by atoms with van der Waals surface area (Å²) in [6.07, 6.45) is 8.52. The van der Waals surface area contributed by atoms with Crippen LogP contribution in [0.15, 0.2) is 53.6 Å². The fourth-order valence-electron chi connectivity index (χ4n) is 5.12. The quantitative estimate of drug-likeness (QED) is 0.368. The zero-order valence-electron chi connectivity index (χ0n) is 20.2. The van der Waals surface area contributed by atoms with Crippen molar-refractivity contribution in [3.8, 4) is 22.5 Å². The summed E-state index contributed by atoms with van der Waals surface area (Å²) in [5.74, 6) is -0.838. The van der Waals surface area contributed by atoms with Crippen molar-refractivity contribution in [1.82, 2.24) is 34.7 Å². The number of hydrogen-bond donors (Lipinski definition) is 2. The highest BCUT2D eigenvalue weighted by atomic mass is 16.4. The first-order valence-corrected chi connectivity index (χ1v) is 12.4. The Labute approximate surface area is 208 Å². The molecule has 1 aromatic carbocycles. The first kappa shape index (κ1) is 23.7. The largest absolute Gasteiger partial charge is 0.481 e. The molecule has 0 radical (unpaired) electrons. The predicted octanol–water partition coefficient (Wildman–Crippen LogP) is 3.71. The molecule has 1 fully saturated rings. The van der Waals surface area contributed by atoms with Crippen LogP contribution in [0.2, 0.25) is 0 Å². The molecule has 10 heteroatoms. The van der Waals surface area contributed by atoms with Crippen LogP contribution >= 0.6 is 0 Å². The number of benzene rings is 1. The van der Waals surface area contributed by atoms with Gasteiger partial charge in [-0.15, -0.1) is 10.2 Å². The smallest absolute Gasteiger partial charge is 0.328 e. The summed E-state index contributed by atoms with van der Waals surface area (Å²) in [4.78, 5) is 29.9. The molecule has 3 heterocycles. The van der Waals surface area contributed by atoms with Gasteiger partial charge in [0.15, 0.2) is 0 Å². The maximum atomic E-state index is 13.5. The summed E-state index contributed by atoms with van der Waals surface area (Å²) in [7, 11) is 0. The van der Waals surface area contributed by atoms with E-state index < -0.39 is 11.9 Å². The Kier molecular flexibility index (Phi) is 6.75. The topological polar surface area (TPSA) is 132 Å². The van der Waals surface area contributed by atoms with Crippen LogP contribution in [0.25, 0.3) is 22.5 Å². The Balaban J connectivity index is 1.44. The van der Waals surface area contributed by atoms with Gasteiger partial charge in [-0.3, -0.25) is 18.9 Å². The average Bonchev–Trinajstić information content (AvgIpc) is 3.65. The molecule has 0 saturated heterocycles. The van der Waals surface area contributed by atoms with Crippen LogP contribution in [-0.2, 0) is 17.8 Å². The van der Waals surface area contributed by atoms with Gasteiger partial charge in [-0.1, -0.05) is 50.1 Å². The molecule has 1 aliphatic rings. The molecule has 1 saturated carbocycles. The van der Waals surface area contributed by atoms with Crippen molar-refractivity contribution >= 4 is 5.97 Å². The summed E-state index contributed by atoms with van der Waals surface area (Å²) in [5, 5.41) is 24.0. The molecule has 2 N–H and O–H groups in total. The number of tetrazole rings is 1. The first-order chi connectivity index (χ1) is 17.6. The maximum absolute atomic E-state index is 13.5. The lowest BCUT2D eigenvalue weighted by Crippen LogP contribution is -2.32. The first-order valence-electron chi connectivity index (χ1n) is 12.4. The number of hydrogen-bond acceptors (Lipinski definition) is 6. The van der Waals surface area contributed by atoms with Gasteiger partial charge in [-0.2, -0.15) is 5.21 Å². The number of aromatic nitrogens is 7. The fourth-order valence-corrected chi connectivity index (χ4v) is 5.12. The van der Waals surface area contributed by atoms with Crippen molar-refractivity contribution in [2.24, 2.45) is 5.92 Å². The Morgan fingerprint density at radius 2 is 2.00 bits per heavy atom. The summed E-state index contributed by atoms with van der Waals surface area (Å²) in [6, 6.07) is 11.4. The second kappa shape index (κ2) is 10.3. The Bertz CT molecular complexity index is 1390. The Morgan fingerprint density at radius 3 is 2.69 bits per heavy atom. The van der Waals surface area contributed by atoms with Gasteiger partial charge >= 0.3 is 11.7 Å². The number of carboxylic acid groups (broad SMARTS) is 1. The van der Waals surface area contributed by atoms with Gasteiger partial charge in [0.25, 0.3) is 0 Å². The number of rotatable bonds is 9. The minimum Gasteiger partial charge on any atom is -0.481 e. The summed E-state index contributed by atoms with van der Waals surface area (Å²) >= 11 is 0. The summed E-state index contributed by atoms with van der Waals surface area (Å²) in [5.41, 5.74) is 4.21. The molecule has 10 nitrogen and oxygen atoms in total. The highest BCUT2D eigenvalue weighted by Gasteiger charge is 2.35. The fraction of sp³-hybridized carbons (Fsp3) is 0.385. The molecule has 5 rings (SSSR count). The molecule has 2 atom stereocenters. The molecule has 2 unspecified atom stereocenters. The van der Waals surface area contributed by atoms with Crippen molar-refractivity contribution in [3.63, 3.8) is 0 Å². The molecule has 0 bridgehead atoms. The van der Waals surface area contributed by atoms with E-state index >= 15 is 0 Å². The number of imidazole rings is 1. The van der Waals surface area contributed by atoms with E-state index in [1.54, 1.807) is 15.3 Å². The van der Waals surface area contributed by atoms with Crippen molar-refractivity contribution in [1.29, 1.82) is 0 Å². The molecule has 36 heavy (non-hydrogen) atoms. The van der Waals surface area contributed by atoms with Gasteiger partial charge in [0.05, 0.1) is 24.2 Å². The van der Waals surface area contributed by atoms with Crippen LogP contribution in [-0.4, -0.2) is 45.8 Å². The lowest BCUT2D eigenvalue weighted by atomic mass is 10.0. The van der Waals surface area contributed by atoms with E-state index in [0.717, 1.165) is 53.8 Å². The average molecular weight is 488 g/mol. The van der Waals surface area contributed by atoms with Crippen LogP contribution in [0.1, 0.15) is 56.5 Å². The normalized spacial score (nSPS) is 17.5. The number of nitrogens with zero attached hydrogens (tertiary/aromatic N) is 6. The van der Waals surface area contributed by atoms with Crippen LogP contribution in [0.5, 0.6) is 0 Å². The minimum absolute atomic E-state index is 0.160. The van der Waals surface area contributed by atoms with Gasteiger partial charge in [0.2, 0.25) is 5.82 Å². The number of carbonyl (C=O) groups is 1. The zero-order chi connectivity index (χ0) is 25.1. The lowest BCUT2D eigenvalue weighted by molar-refractivity contribution is -0.142. The number of aromatic amines is 1. The van der Waals surface area contributed by atoms with Crippen molar-refractivity contribution in [2.75, 3.05) is 0 Å². The second-order valence-corrected chi connectivity index (χ2v) is 9.26. The van der Waals surface area contributed by atoms with Crippen molar-refractivity contribution in [2.45, 2.75) is 58.0 Å². The predicted molar refractivity (Wildman–Crippen MR) is 133 cm³/mol. The van der Waals surface area contributed by atoms with Crippen molar-refractivity contribution in [3.05, 3.63) is 70.7 Å². The van der Waals surface area contributed by atoms with Gasteiger partial charge in [-0.25, -0.2) is 4.79 Å². The lowest BCUT2D eigenvalue weighted by Gasteiger charge is -2.16. The van der Waals surface area contributed by atoms with Crippen molar-refractivity contribution < 1.29 is 9.90 Å². The highest BCUT2D eigenvalue weighted by molar-refractivity contribution is 5.79. The number of aliphatic carboxylic acids is 1. The molecule has 1 aliphatic carbocycles. The number of H-pyrrole nitrogens is 1. The summed E-state index contributed by atoms with van der Waals surface area (Å²) in [6.45, 7) is 2.45. The number of aryl methyl sites for hydroxylation is 1. The number of pyridine rings is 1. The molecule has 4 aromatic rings. The highest BCUT2D eigenvalue weighted by Crippen LogP contribution is 2.35. The Morgan fingerprint density at radius 1 is 1.17 bits per heavy atom. The number of unbranched alkanes of at least 4 members (excludes halogenated alkanes) is 1. The molecule has 0 aliphatic heterocycles. The van der Waals surface area contributed by atoms with E-state index in [4.69, 9.17) is 0 Å². The zero-order valence-corrected chi connectivity index (χ0v) is 20.2. The molecular weight excluding hydrogens is 458 g/mol. The van der Waals surface area contributed by atoms with Gasteiger partial charge in [0.1, 0.15) is 0 Å². The number of carboxylic acids is 1. The third-order valence-corrected chi connectivity index (χ3v) is 7.00. The van der Waals surface area contributed by atoms with Crippen LogP contribution < -0.4 is 5.69 Å². The second-order valence-electron chi connectivity index (χ2n) is 9.26. The van der Waals surface area contributed by atoms with E-state index in [9.17, 15) is 14.7 Å². The van der Waals surface area contributed by atoms with E-state index in [0.29, 0.717) is 25.2 Å². The van der Waals surface area contributed by atoms with E-state index in [1.807, 2.05) is 42.6 Å². The van der Waals surface area contributed by atoms with E-state index in [2.05, 4.69) is 32.5 Å². The summed E-state index contributed by atoms with van der Waals surface area (Å²) < 4.78 is 3.41. The molecular formula is C26H29N7O3. The van der Waals surface area contributed by atoms with Crippen LogP contribution in [0.4, 0.5) is 0 Å². The third-order valence-electron chi connectivity index (χ3n) is 7.00. The van der Waals surface area contributed by atoms with E-state index in [1.165, 1.54) is 0 Å². The van der Waals surface area contributed by atoms with Gasteiger partial charge in [-0.05, 0) is 42.5 Å². The molecule has 0 amide bonds. The third kappa shape index (κ3) is 4.58. The molecule has 186 valence electrons. The SMILES string of the molecule is CCCCc1cn(C2CCCC2C(=O)O)c(=O)n1Cc1ccc(-c2ccccc2-c2nn[nH]n2)cn1. The Hall–Kier alpha value is -4.08. The number of nitrogens with one attached hydrogen (secondary N) is 1. The van der Waals surface area contributed by atoms with Gasteiger partial charge < -0.3 is 5.11 Å². The maximum Gasteiger partial charge on any atom is 0.328 e. The molecule has 0 spiro atoms. The van der Waals surface area contributed by atoms with Gasteiger partial charge in [0, 0.05) is 29.2 Å². The van der Waals surface area contributed by atoms with E-state index in [-0.39, 0.29) is 11.7 Å². The monoisotopic (exact) mass is 487 g/mol.